The van der Waals surface area contributed by atoms with Crippen molar-refractivity contribution in [2.75, 3.05) is 20.1 Å². The van der Waals surface area contributed by atoms with E-state index in [0.29, 0.717) is 12.6 Å². The summed E-state index contributed by atoms with van der Waals surface area (Å²) in [4.78, 5) is 2.52. The fraction of sp³-hybridized carbons (Fsp3) is 0.846. The van der Waals surface area contributed by atoms with Crippen molar-refractivity contribution in [2.45, 2.75) is 51.1 Å². The second kappa shape index (κ2) is 6.87. The van der Waals surface area contributed by atoms with Gasteiger partial charge in [0.15, 0.2) is 0 Å². The van der Waals surface area contributed by atoms with Gasteiger partial charge in [-0.15, -0.1) is 6.42 Å². The summed E-state index contributed by atoms with van der Waals surface area (Å²) in [6.07, 6.45) is 12.2. The van der Waals surface area contributed by atoms with Crippen LogP contribution in [0.1, 0.15) is 39.0 Å². The highest BCUT2D eigenvalue weighted by molar-refractivity contribution is 4.87. The SMILES string of the molecule is C#CCNCC(C)N(C)C1CCCCC1. The average Bonchev–Trinajstić information content (AvgIpc) is 2.29. The molecule has 0 aromatic heterocycles. The van der Waals surface area contributed by atoms with E-state index < -0.39 is 0 Å². The predicted octanol–water partition coefficient (Wildman–Crippen LogP) is 1.86. The molecule has 1 saturated carbocycles. The van der Waals surface area contributed by atoms with Crippen LogP contribution < -0.4 is 5.32 Å². The van der Waals surface area contributed by atoms with Gasteiger partial charge in [0.1, 0.15) is 0 Å². The summed E-state index contributed by atoms with van der Waals surface area (Å²) < 4.78 is 0. The molecule has 0 amide bonds. The second-order valence-electron chi connectivity index (χ2n) is 4.64. The number of nitrogens with one attached hydrogen (secondary N) is 1. The lowest BCUT2D eigenvalue weighted by atomic mass is 9.94. The Labute approximate surface area is 94.4 Å². The summed E-state index contributed by atoms with van der Waals surface area (Å²) >= 11 is 0. The minimum absolute atomic E-state index is 0.585. The van der Waals surface area contributed by atoms with Crippen molar-refractivity contribution in [2.24, 2.45) is 0 Å². The fourth-order valence-corrected chi connectivity index (χ4v) is 2.35. The number of hydrogen-bond acceptors (Lipinski definition) is 2. The van der Waals surface area contributed by atoms with Crippen LogP contribution in [0.4, 0.5) is 0 Å². The van der Waals surface area contributed by atoms with Gasteiger partial charge >= 0.3 is 0 Å². The molecular weight excluding hydrogens is 184 g/mol. The maximum Gasteiger partial charge on any atom is 0.0574 e. The molecule has 2 heteroatoms. The van der Waals surface area contributed by atoms with Crippen LogP contribution in [0.25, 0.3) is 0 Å². The molecule has 1 N–H and O–H groups in total. The van der Waals surface area contributed by atoms with Crippen molar-refractivity contribution in [3.8, 4) is 12.3 Å². The summed E-state index contributed by atoms with van der Waals surface area (Å²) in [6.45, 7) is 3.96. The number of hydrogen-bond donors (Lipinski definition) is 1. The molecule has 1 atom stereocenters. The van der Waals surface area contributed by atoms with Crippen molar-refractivity contribution in [3.63, 3.8) is 0 Å². The lowest BCUT2D eigenvalue weighted by Gasteiger charge is -2.35. The Morgan fingerprint density at radius 1 is 1.40 bits per heavy atom. The van der Waals surface area contributed by atoms with Crippen molar-refractivity contribution >= 4 is 0 Å². The predicted molar refractivity (Wildman–Crippen MR) is 65.8 cm³/mol. The van der Waals surface area contributed by atoms with Crippen molar-refractivity contribution in [3.05, 3.63) is 0 Å². The molecule has 0 radical (unpaired) electrons. The summed E-state index contributed by atoms with van der Waals surface area (Å²) in [7, 11) is 2.25. The Morgan fingerprint density at radius 3 is 2.67 bits per heavy atom. The minimum atomic E-state index is 0.585. The highest BCUT2D eigenvalue weighted by Gasteiger charge is 2.21. The van der Waals surface area contributed by atoms with Gasteiger partial charge in [0, 0.05) is 18.6 Å². The molecule has 0 aliphatic heterocycles. The third-order valence-corrected chi connectivity index (χ3v) is 3.51. The largest absolute Gasteiger partial charge is 0.305 e. The Balaban J connectivity index is 2.24. The van der Waals surface area contributed by atoms with E-state index in [1.807, 2.05) is 0 Å². The fourth-order valence-electron chi connectivity index (χ4n) is 2.35. The molecule has 1 rings (SSSR count). The molecule has 0 bridgehead atoms. The Hall–Kier alpha value is -0.520. The summed E-state index contributed by atoms with van der Waals surface area (Å²) in [5.74, 6) is 2.61. The lowest BCUT2D eigenvalue weighted by Crippen LogP contribution is -2.44. The highest BCUT2D eigenvalue weighted by atomic mass is 15.2. The Kier molecular flexibility index (Phi) is 5.75. The van der Waals surface area contributed by atoms with E-state index in [0.717, 1.165) is 12.6 Å². The van der Waals surface area contributed by atoms with Crippen LogP contribution >= 0.6 is 0 Å². The zero-order chi connectivity index (χ0) is 11.1. The number of rotatable bonds is 5. The zero-order valence-corrected chi connectivity index (χ0v) is 10.1. The molecule has 0 aromatic rings. The van der Waals surface area contributed by atoms with E-state index in [1.54, 1.807) is 0 Å². The molecule has 0 saturated heterocycles. The molecule has 1 aliphatic carbocycles. The van der Waals surface area contributed by atoms with Gasteiger partial charge in [-0.1, -0.05) is 25.2 Å². The van der Waals surface area contributed by atoms with E-state index in [9.17, 15) is 0 Å². The lowest BCUT2D eigenvalue weighted by molar-refractivity contribution is 0.145. The number of terminal acetylenes is 1. The van der Waals surface area contributed by atoms with Crippen LogP contribution in [-0.2, 0) is 0 Å². The zero-order valence-electron chi connectivity index (χ0n) is 10.1. The van der Waals surface area contributed by atoms with Crippen LogP contribution in [0.3, 0.4) is 0 Å². The second-order valence-corrected chi connectivity index (χ2v) is 4.64. The van der Waals surface area contributed by atoms with Crippen LogP contribution in [0.2, 0.25) is 0 Å². The first-order valence-electron chi connectivity index (χ1n) is 6.12. The van der Waals surface area contributed by atoms with Gasteiger partial charge in [-0.2, -0.15) is 0 Å². The van der Waals surface area contributed by atoms with Crippen molar-refractivity contribution in [1.82, 2.24) is 10.2 Å². The van der Waals surface area contributed by atoms with Gasteiger partial charge in [0.25, 0.3) is 0 Å². The maximum absolute atomic E-state index is 5.21. The normalized spacial score (nSPS) is 20.1. The quantitative estimate of drug-likeness (QED) is 0.548. The third-order valence-electron chi connectivity index (χ3n) is 3.51. The molecular formula is C13H24N2. The number of nitrogens with zero attached hydrogens (tertiary/aromatic N) is 1. The van der Waals surface area contributed by atoms with Crippen LogP contribution in [0.15, 0.2) is 0 Å². The van der Waals surface area contributed by atoms with E-state index in [2.05, 4.69) is 30.1 Å². The first-order valence-corrected chi connectivity index (χ1v) is 6.12. The molecule has 1 unspecified atom stereocenters. The van der Waals surface area contributed by atoms with Crippen molar-refractivity contribution < 1.29 is 0 Å². The highest BCUT2D eigenvalue weighted by Crippen LogP contribution is 2.22. The average molecular weight is 208 g/mol. The van der Waals surface area contributed by atoms with Gasteiger partial charge < -0.3 is 5.32 Å². The monoisotopic (exact) mass is 208 g/mol. The van der Waals surface area contributed by atoms with E-state index in [4.69, 9.17) is 6.42 Å². The smallest absolute Gasteiger partial charge is 0.0574 e. The summed E-state index contributed by atoms with van der Waals surface area (Å²) in [6, 6.07) is 1.38. The van der Waals surface area contributed by atoms with Gasteiger partial charge in [-0.3, -0.25) is 4.90 Å². The molecule has 0 spiro atoms. The topological polar surface area (TPSA) is 15.3 Å². The van der Waals surface area contributed by atoms with Crippen LogP contribution in [0.5, 0.6) is 0 Å². The van der Waals surface area contributed by atoms with Gasteiger partial charge in [0.2, 0.25) is 0 Å². The molecule has 2 nitrogen and oxygen atoms in total. The molecule has 0 heterocycles. The first-order chi connectivity index (χ1) is 7.25. The minimum Gasteiger partial charge on any atom is -0.305 e. The Morgan fingerprint density at radius 2 is 2.07 bits per heavy atom. The van der Waals surface area contributed by atoms with Gasteiger partial charge in [-0.05, 0) is 26.8 Å². The number of likely N-dealkylation sites (N-methyl/N-ethyl adjacent to an activating group) is 1. The van der Waals surface area contributed by atoms with Crippen LogP contribution in [0, 0.1) is 12.3 Å². The van der Waals surface area contributed by atoms with Crippen molar-refractivity contribution in [1.29, 1.82) is 0 Å². The molecule has 15 heavy (non-hydrogen) atoms. The van der Waals surface area contributed by atoms with Gasteiger partial charge in [-0.25, -0.2) is 0 Å². The molecule has 0 aromatic carbocycles. The van der Waals surface area contributed by atoms with E-state index in [1.165, 1.54) is 32.1 Å². The van der Waals surface area contributed by atoms with E-state index >= 15 is 0 Å². The maximum atomic E-state index is 5.21. The summed E-state index contributed by atoms with van der Waals surface area (Å²) in [5.41, 5.74) is 0. The molecule has 1 fully saturated rings. The van der Waals surface area contributed by atoms with E-state index in [-0.39, 0.29) is 0 Å². The third kappa shape index (κ3) is 4.24. The standard InChI is InChI=1S/C13H24N2/c1-4-10-14-11-12(2)15(3)13-8-6-5-7-9-13/h1,12-14H,5-11H2,2-3H3. The van der Waals surface area contributed by atoms with Gasteiger partial charge in [0.05, 0.1) is 6.54 Å². The van der Waals surface area contributed by atoms with Crippen LogP contribution in [-0.4, -0.2) is 37.1 Å². The molecule has 1 aliphatic rings. The first kappa shape index (κ1) is 12.5. The Bertz CT molecular complexity index is 201. The molecule has 86 valence electrons. The summed E-state index contributed by atoms with van der Waals surface area (Å²) in [5, 5.41) is 3.28.